The summed E-state index contributed by atoms with van der Waals surface area (Å²) in [5.74, 6) is -2.54. The molecule has 0 spiro atoms. The first kappa shape index (κ1) is 36.1. The highest BCUT2D eigenvalue weighted by Crippen LogP contribution is 2.24. The summed E-state index contributed by atoms with van der Waals surface area (Å²) in [6.07, 6.45) is 9.21. The molecule has 0 aliphatic heterocycles. The van der Waals surface area contributed by atoms with Crippen molar-refractivity contribution in [3.63, 3.8) is 0 Å². The van der Waals surface area contributed by atoms with Crippen LogP contribution in [0.4, 0.5) is 0 Å². The highest BCUT2D eigenvalue weighted by Gasteiger charge is 2.21. The maximum absolute atomic E-state index is 12.8. The third-order valence-corrected chi connectivity index (χ3v) is 7.91. The summed E-state index contributed by atoms with van der Waals surface area (Å²) in [4.78, 5) is 50.8. The Morgan fingerprint density at radius 2 is 1.11 bits per heavy atom. The number of hydrogen-bond acceptors (Lipinski definition) is 6. The van der Waals surface area contributed by atoms with Crippen LogP contribution in [0.2, 0.25) is 0 Å². The first-order chi connectivity index (χ1) is 21.1. The number of rotatable bonds is 17. The number of nitrogens with one attached hydrogen (secondary N) is 4. The average Bonchev–Trinajstić information content (AvgIpc) is 3.01. The summed E-state index contributed by atoms with van der Waals surface area (Å²) in [6, 6.07) is 9.93. The molecule has 2 aromatic rings. The van der Waals surface area contributed by atoms with Gasteiger partial charge >= 0.3 is 0 Å². The average molecular weight is 611 g/mol. The molecule has 44 heavy (non-hydrogen) atoms. The Balaban J connectivity index is 1.74. The van der Waals surface area contributed by atoms with Crippen LogP contribution in [0.3, 0.4) is 0 Å². The van der Waals surface area contributed by atoms with Crippen LogP contribution in [-0.2, 0) is 22.4 Å². The molecular weight excluding hydrogens is 560 g/mol. The summed E-state index contributed by atoms with van der Waals surface area (Å²) in [5.41, 5.74) is 11.7. The molecule has 2 aromatic carbocycles. The lowest BCUT2D eigenvalue weighted by Gasteiger charge is -2.17. The van der Waals surface area contributed by atoms with Gasteiger partial charge in [0.1, 0.15) is 11.5 Å². The first-order valence-electron chi connectivity index (χ1n) is 16.0. The first-order valence-corrected chi connectivity index (χ1v) is 16.0. The van der Waals surface area contributed by atoms with Gasteiger partial charge in [-0.05, 0) is 68.2 Å². The van der Waals surface area contributed by atoms with Crippen molar-refractivity contribution < 1.29 is 29.4 Å². The number of aromatic hydroxyl groups is 2. The minimum atomic E-state index is -0.549. The number of phenolic OH excluding ortho intramolecular Hbond substituents is 2. The van der Waals surface area contributed by atoms with Gasteiger partial charge in [-0.25, -0.2) is 0 Å². The normalized spacial score (nSPS) is 12.2. The topological polar surface area (TPSA) is 157 Å². The molecule has 2 atom stereocenters. The zero-order valence-corrected chi connectivity index (χ0v) is 26.6. The van der Waals surface area contributed by atoms with Crippen molar-refractivity contribution in [3.8, 4) is 11.5 Å². The van der Waals surface area contributed by atoms with E-state index >= 15 is 0 Å². The summed E-state index contributed by atoms with van der Waals surface area (Å²) >= 11 is 0. The van der Waals surface area contributed by atoms with Gasteiger partial charge in [-0.3, -0.25) is 40.9 Å². The minimum absolute atomic E-state index is 0.116. The van der Waals surface area contributed by atoms with Gasteiger partial charge < -0.3 is 10.2 Å². The van der Waals surface area contributed by atoms with E-state index in [1.807, 2.05) is 13.0 Å². The highest BCUT2D eigenvalue weighted by molar-refractivity contribution is 6.00. The van der Waals surface area contributed by atoms with Gasteiger partial charge in [-0.15, -0.1) is 0 Å². The molecule has 0 bridgehead atoms. The molecule has 0 aliphatic rings. The monoisotopic (exact) mass is 610 g/mol. The number of unbranched alkanes of at least 4 members (excludes halogenated alkanes) is 4. The van der Waals surface area contributed by atoms with Crippen LogP contribution in [0.25, 0.3) is 0 Å². The zero-order chi connectivity index (χ0) is 32.5. The van der Waals surface area contributed by atoms with Crippen LogP contribution < -0.4 is 21.7 Å². The number of aryl methyl sites for hydroxylation is 2. The molecule has 6 N–H and O–H groups in total. The number of carbonyl (C=O) groups is 4. The second kappa shape index (κ2) is 19.2. The van der Waals surface area contributed by atoms with Crippen molar-refractivity contribution in [2.24, 2.45) is 11.8 Å². The van der Waals surface area contributed by atoms with E-state index in [0.29, 0.717) is 32.1 Å². The Labute approximate surface area is 261 Å². The number of phenols is 2. The van der Waals surface area contributed by atoms with Gasteiger partial charge in [0.15, 0.2) is 0 Å². The lowest BCUT2D eigenvalue weighted by Crippen LogP contribution is -2.44. The maximum Gasteiger partial charge on any atom is 0.273 e. The molecule has 0 heterocycles. The van der Waals surface area contributed by atoms with E-state index in [4.69, 9.17) is 0 Å². The molecule has 4 amide bonds. The Morgan fingerprint density at radius 3 is 1.59 bits per heavy atom. The van der Waals surface area contributed by atoms with Crippen LogP contribution in [0.5, 0.6) is 11.5 Å². The van der Waals surface area contributed by atoms with Crippen molar-refractivity contribution in [2.45, 2.75) is 105 Å². The van der Waals surface area contributed by atoms with Crippen molar-refractivity contribution in [3.05, 3.63) is 58.7 Å². The van der Waals surface area contributed by atoms with Gasteiger partial charge in [0.05, 0.1) is 11.1 Å². The molecule has 0 saturated heterocycles. The molecule has 2 rings (SSSR count). The fraction of sp³-hybridized carbons (Fsp3) is 0.529. The van der Waals surface area contributed by atoms with Crippen molar-refractivity contribution >= 4 is 23.6 Å². The number of hydrazine groups is 2. The summed E-state index contributed by atoms with van der Waals surface area (Å²) in [7, 11) is 0. The number of benzene rings is 2. The fourth-order valence-corrected chi connectivity index (χ4v) is 5.11. The highest BCUT2D eigenvalue weighted by atomic mass is 16.3. The van der Waals surface area contributed by atoms with Gasteiger partial charge in [0, 0.05) is 11.8 Å². The molecular formula is C34H50N4O6. The molecule has 0 radical (unpaired) electrons. The minimum Gasteiger partial charge on any atom is -0.507 e. The Kier molecular flexibility index (Phi) is 15.8. The van der Waals surface area contributed by atoms with Crippen LogP contribution in [0.15, 0.2) is 36.4 Å². The maximum atomic E-state index is 12.8. The molecule has 0 aromatic heterocycles. The smallest absolute Gasteiger partial charge is 0.273 e. The lowest BCUT2D eigenvalue weighted by atomic mass is 9.96. The molecule has 0 fully saturated rings. The van der Waals surface area contributed by atoms with E-state index < -0.39 is 11.8 Å². The van der Waals surface area contributed by atoms with E-state index in [-0.39, 0.29) is 46.3 Å². The SMILES string of the molecule is CCCCc1cccc(O)c1C(=O)NNC(=O)C(C)CCCCCC(CC)C(=O)NNC(=O)c1c(O)cccc1CCCC. The van der Waals surface area contributed by atoms with Crippen molar-refractivity contribution in [1.82, 2.24) is 21.7 Å². The lowest BCUT2D eigenvalue weighted by molar-refractivity contribution is -0.126. The van der Waals surface area contributed by atoms with Crippen LogP contribution in [-0.4, -0.2) is 33.8 Å². The molecule has 2 unspecified atom stereocenters. The number of carbonyl (C=O) groups excluding carboxylic acids is 4. The standard InChI is InChI=1S/C34H50N4O6/c1-5-8-16-25-19-13-21-27(39)29(25)33(43)37-35-31(41)23(4)15-11-10-12-18-24(7-3)32(42)36-38-34(44)30-26(17-9-6-2)20-14-22-28(30)40/h13-14,19-24,39-40H,5-12,15-18H2,1-4H3,(H,35,41)(H,36,42)(H,37,43)(H,38,44). The predicted octanol–water partition coefficient (Wildman–Crippen LogP) is 5.62. The summed E-state index contributed by atoms with van der Waals surface area (Å²) in [6.45, 7) is 7.81. The fourth-order valence-electron chi connectivity index (χ4n) is 5.11. The predicted molar refractivity (Wildman–Crippen MR) is 171 cm³/mol. The Morgan fingerprint density at radius 1 is 0.636 bits per heavy atom. The van der Waals surface area contributed by atoms with Crippen LogP contribution in [0.1, 0.15) is 124 Å². The van der Waals surface area contributed by atoms with Gasteiger partial charge in [0.25, 0.3) is 11.8 Å². The van der Waals surface area contributed by atoms with Gasteiger partial charge in [0.2, 0.25) is 11.8 Å². The molecule has 242 valence electrons. The van der Waals surface area contributed by atoms with E-state index in [2.05, 4.69) is 35.6 Å². The summed E-state index contributed by atoms with van der Waals surface area (Å²) in [5, 5.41) is 20.5. The molecule has 0 saturated carbocycles. The molecule has 10 nitrogen and oxygen atoms in total. The van der Waals surface area contributed by atoms with Crippen molar-refractivity contribution in [1.29, 1.82) is 0 Å². The third-order valence-electron chi connectivity index (χ3n) is 7.91. The van der Waals surface area contributed by atoms with E-state index in [9.17, 15) is 29.4 Å². The quantitative estimate of drug-likeness (QED) is 0.101. The van der Waals surface area contributed by atoms with Crippen LogP contribution in [0, 0.1) is 11.8 Å². The molecule has 0 aliphatic carbocycles. The number of hydrogen-bond donors (Lipinski definition) is 6. The second-order valence-electron chi connectivity index (χ2n) is 11.4. The largest absolute Gasteiger partial charge is 0.507 e. The third kappa shape index (κ3) is 11.2. The van der Waals surface area contributed by atoms with Crippen LogP contribution >= 0.6 is 0 Å². The zero-order valence-electron chi connectivity index (χ0n) is 26.6. The van der Waals surface area contributed by atoms with E-state index in [1.165, 1.54) is 12.1 Å². The number of amides is 4. The molecule has 10 heteroatoms. The van der Waals surface area contributed by atoms with Crippen molar-refractivity contribution in [2.75, 3.05) is 0 Å². The van der Waals surface area contributed by atoms with E-state index in [0.717, 1.165) is 56.1 Å². The van der Waals surface area contributed by atoms with E-state index in [1.54, 1.807) is 25.1 Å². The Bertz CT molecular complexity index is 1250. The van der Waals surface area contributed by atoms with Gasteiger partial charge in [-0.1, -0.05) is 84.1 Å². The summed E-state index contributed by atoms with van der Waals surface area (Å²) < 4.78 is 0. The van der Waals surface area contributed by atoms with Gasteiger partial charge in [-0.2, -0.15) is 0 Å². The second-order valence-corrected chi connectivity index (χ2v) is 11.4. The Hall–Kier alpha value is -4.08.